The minimum Gasteiger partial charge on any atom is -0.496 e. The third-order valence-electron chi connectivity index (χ3n) is 4.30. The molecule has 0 saturated carbocycles. The van der Waals surface area contributed by atoms with E-state index in [1.807, 2.05) is 0 Å². The summed E-state index contributed by atoms with van der Waals surface area (Å²) in [7, 11) is 1.52. The molecule has 0 bridgehead atoms. The molecule has 25 heavy (non-hydrogen) atoms. The van der Waals surface area contributed by atoms with Crippen LogP contribution >= 0.6 is 11.6 Å². The number of amides is 2. The Balaban J connectivity index is 1.61. The molecule has 1 aromatic heterocycles. The first-order valence-electron chi connectivity index (χ1n) is 8.01. The highest BCUT2D eigenvalue weighted by Gasteiger charge is 2.29. The molecule has 0 radical (unpaired) electrons. The van der Waals surface area contributed by atoms with Crippen molar-refractivity contribution in [2.24, 2.45) is 5.92 Å². The van der Waals surface area contributed by atoms with E-state index in [4.69, 9.17) is 16.3 Å². The van der Waals surface area contributed by atoms with Crippen molar-refractivity contribution in [2.75, 3.05) is 25.5 Å². The first-order chi connectivity index (χ1) is 12.1. The fourth-order valence-electron chi connectivity index (χ4n) is 2.92. The number of likely N-dealkylation sites (tertiary alicyclic amines) is 1. The number of piperidine rings is 1. The largest absolute Gasteiger partial charge is 0.496 e. The molecular weight excluding hydrogens is 344 g/mol. The molecule has 7 nitrogen and oxygen atoms in total. The number of nitrogens with zero attached hydrogens (tertiary/aromatic N) is 2. The SMILES string of the molecule is COc1ccc(Cl)cc1C(=O)N1CCC(C(=O)Nc2ccn[nH]2)CC1. The van der Waals surface area contributed by atoms with Crippen molar-refractivity contribution in [2.45, 2.75) is 12.8 Å². The number of hydrogen-bond acceptors (Lipinski definition) is 4. The van der Waals surface area contributed by atoms with E-state index in [1.54, 1.807) is 35.4 Å². The first-order valence-corrected chi connectivity index (χ1v) is 8.39. The fraction of sp³-hybridized carbons (Fsp3) is 0.353. The maximum Gasteiger partial charge on any atom is 0.257 e. The van der Waals surface area contributed by atoms with Gasteiger partial charge in [-0.1, -0.05) is 11.6 Å². The average Bonchev–Trinajstić information content (AvgIpc) is 3.14. The number of benzene rings is 1. The van der Waals surface area contributed by atoms with E-state index in [1.165, 1.54) is 7.11 Å². The number of hydrogen-bond donors (Lipinski definition) is 2. The maximum atomic E-state index is 12.7. The van der Waals surface area contributed by atoms with Crippen LogP contribution in [0.3, 0.4) is 0 Å². The number of rotatable bonds is 4. The highest BCUT2D eigenvalue weighted by atomic mass is 35.5. The van der Waals surface area contributed by atoms with E-state index in [0.717, 1.165) is 0 Å². The van der Waals surface area contributed by atoms with Crippen LogP contribution in [-0.4, -0.2) is 47.1 Å². The second-order valence-electron chi connectivity index (χ2n) is 5.87. The Morgan fingerprint density at radius 1 is 1.32 bits per heavy atom. The summed E-state index contributed by atoms with van der Waals surface area (Å²) in [5.41, 5.74) is 0.440. The smallest absolute Gasteiger partial charge is 0.257 e. The van der Waals surface area contributed by atoms with Gasteiger partial charge in [0.05, 0.1) is 18.9 Å². The van der Waals surface area contributed by atoms with Crippen LogP contribution in [0.25, 0.3) is 0 Å². The molecule has 0 spiro atoms. The molecule has 1 fully saturated rings. The molecule has 0 atom stereocenters. The number of aromatic amines is 1. The Labute approximate surface area is 150 Å². The number of halogens is 1. The summed E-state index contributed by atoms with van der Waals surface area (Å²) in [6.07, 6.45) is 2.79. The van der Waals surface area contributed by atoms with Crippen molar-refractivity contribution in [1.29, 1.82) is 0 Å². The zero-order chi connectivity index (χ0) is 17.8. The van der Waals surface area contributed by atoms with Gasteiger partial charge in [0.15, 0.2) is 0 Å². The molecule has 0 aliphatic carbocycles. The van der Waals surface area contributed by atoms with Gasteiger partial charge in [0, 0.05) is 30.1 Å². The van der Waals surface area contributed by atoms with Crippen molar-refractivity contribution < 1.29 is 14.3 Å². The molecule has 1 aliphatic heterocycles. The molecule has 2 heterocycles. The predicted molar refractivity (Wildman–Crippen MR) is 93.8 cm³/mol. The van der Waals surface area contributed by atoms with Gasteiger partial charge in [-0.25, -0.2) is 0 Å². The van der Waals surface area contributed by atoms with E-state index in [-0.39, 0.29) is 17.7 Å². The van der Waals surface area contributed by atoms with Crippen LogP contribution in [0, 0.1) is 5.92 Å². The van der Waals surface area contributed by atoms with Crippen molar-refractivity contribution in [1.82, 2.24) is 15.1 Å². The predicted octanol–water partition coefficient (Wildman–Crippen LogP) is 2.56. The molecule has 2 aromatic rings. The molecule has 2 N–H and O–H groups in total. The fourth-order valence-corrected chi connectivity index (χ4v) is 3.09. The topological polar surface area (TPSA) is 87.3 Å². The molecule has 1 aromatic carbocycles. The molecular formula is C17H19ClN4O3. The lowest BCUT2D eigenvalue weighted by Crippen LogP contribution is -2.41. The van der Waals surface area contributed by atoms with Gasteiger partial charge in [0.1, 0.15) is 11.6 Å². The molecule has 3 rings (SSSR count). The van der Waals surface area contributed by atoms with Gasteiger partial charge in [-0.3, -0.25) is 14.7 Å². The van der Waals surface area contributed by atoms with Crippen LogP contribution in [0.1, 0.15) is 23.2 Å². The Morgan fingerprint density at radius 3 is 2.72 bits per heavy atom. The molecule has 1 aliphatic rings. The normalized spacial score (nSPS) is 15.0. The molecule has 2 amide bonds. The number of ether oxygens (including phenoxy) is 1. The van der Waals surface area contributed by atoms with E-state index >= 15 is 0 Å². The Kier molecular flexibility index (Phi) is 5.23. The second-order valence-corrected chi connectivity index (χ2v) is 6.31. The van der Waals surface area contributed by atoms with Gasteiger partial charge in [0.2, 0.25) is 5.91 Å². The van der Waals surface area contributed by atoms with Crippen LogP contribution in [0.5, 0.6) is 5.75 Å². The van der Waals surface area contributed by atoms with E-state index in [0.29, 0.717) is 48.1 Å². The zero-order valence-corrected chi connectivity index (χ0v) is 14.5. The number of carbonyl (C=O) groups is 2. The van der Waals surface area contributed by atoms with Crippen molar-refractivity contribution >= 4 is 29.2 Å². The molecule has 132 valence electrons. The third kappa shape index (κ3) is 3.93. The summed E-state index contributed by atoms with van der Waals surface area (Å²) in [6, 6.07) is 6.67. The lowest BCUT2D eigenvalue weighted by molar-refractivity contribution is -0.121. The number of methoxy groups -OCH3 is 1. The minimum atomic E-state index is -0.133. The summed E-state index contributed by atoms with van der Waals surface area (Å²) in [5, 5.41) is 9.78. The van der Waals surface area contributed by atoms with Crippen molar-refractivity contribution in [3.63, 3.8) is 0 Å². The summed E-state index contributed by atoms with van der Waals surface area (Å²) in [6.45, 7) is 1.02. The lowest BCUT2D eigenvalue weighted by Gasteiger charge is -2.31. The van der Waals surface area contributed by atoms with Crippen LogP contribution in [0.15, 0.2) is 30.5 Å². The van der Waals surface area contributed by atoms with Gasteiger partial charge in [-0.15, -0.1) is 0 Å². The van der Waals surface area contributed by atoms with Crippen LogP contribution < -0.4 is 10.1 Å². The van der Waals surface area contributed by atoms with Gasteiger partial charge in [-0.05, 0) is 31.0 Å². The summed E-state index contributed by atoms with van der Waals surface area (Å²) in [4.78, 5) is 26.7. The minimum absolute atomic E-state index is 0.0586. The standard InChI is InChI=1S/C17H19ClN4O3/c1-25-14-3-2-12(18)10-13(14)17(24)22-8-5-11(6-9-22)16(23)20-15-4-7-19-21-15/h2-4,7,10-11H,5-6,8-9H2,1H3,(H2,19,20,21,23). The molecule has 8 heteroatoms. The number of carbonyl (C=O) groups excluding carboxylic acids is 2. The second kappa shape index (κ2) is 7.57. The average molecular weight is 363 g/mol. The van der Waals surface area contributed by atoms with Gasteiger partial charge in [0.25, 0.3) is 5.91 Å². The Bertz CT molecular complexity index is 755. The zero-order valence-electron chi connectivity index (χ0n) is 13.8. The third-order valence-corrected chi connectivity index (χ3v) is 4.54. The molecule has 1 saturated heterocycles. The highest BCUT2D eigenvalue weighted by molar-refractivity contribution is 6.31. The Morgan fingerprint density at radius 2 is 2.08 bits per heavy atom. The van der Waals surface area contributed by atoms with E-state index in [9.17, 15) is 9.59 Å². The van der Waals surface area contributed by atoms with Crippen LogP contribution in [-0.2, 0) is 4.79 Å². The van der Waals surface area contributed by atoms with Crippen LogP contribution in [0.2, 0.25) is 5.02 Å². The van der Waals surface area contributed by atoms with Gasteiger partial charge < -0.3 is 15.0 Å². The highest BCUT2D eigenvalue weighted by Crippen LogP contribution is 2.26. The summed E-state index contributed by atoms with van der Waals surface area (Å²) < 4.78 is 5.25. The number of aromatic nitrogens is 2. The van der Waals surface area contributed by atoms with Crippen molar-refractivity contribution in [3.8, 4) is 5.75 Å². The van der Waals surface area contributed by atoms with Gasteiger partial charge in [-0.2, -0.15) is 5.10 Å². The van der Waals surface area contributed by atoms with Crippen molar-refractivity contribution in [3.05, 3.63) is 41.0 Å². The number of anilines is 1. The first kappa shape index (κ1) is 17.3. The van der Waals surface area contributed by atoms with Crippen LogP contribution in [0.4, 0.5) is 5.82 Å². The number of H-pyrrole nitrogens is 1. The quantitative estimate of drug-likeness (QED) is 0.875. The summed E-state index contributed by atoms with van der Waals surface area (Å²) in [5.74, 6) is 0.748. The molecule has 0 unspecified atom stereocenters. The monoisotopic (exact) mass is 362 g/mol. The maximum absolute atomic E-state index is 12.7. The van der Waals surface area contributed by atoms with E-state index < -0.39 is 0 Å². The number of nitrogens with one attached hydrogen (secondary N) is 2. The Hall–Kier alpha value is -2.54. The van der Waals surface area contributed by atoms with E-state index in [2.05, 4.69) is 15.5 Å². The summed E-state index contributed by atoms with van der Waals surface area (Å²) >= 11 is 6.00. The van der Waals surface area contributed by atoms with Gasteiger partial charge >= 0.3 is 0 Å². The lowest BCUT2D eigenvalue weighted by atomic mass is 9.95.